The molecule has 3 rings (SSSR count). The number of ether oxygens (including phenoxy) is 5. The van der Waals surface area contributed by atoms with Crippen molar-refractivity contribution < 1.29 is 57.7 Å². The van der Waals surface area contributed by atoms with E-state index >= 15 is 0 Å². The number of likely N-dealkylation sites (N-methyl/N-ethyl adjacent to an activating group) is 1. The number of ketones is 1. The highest BCUT2D eigenvalue weighted by Gasteiger charge is 2.78. The zero-order valence-electron chi connectivity index (χ0n) is 30.4. The Morgan fingerprint density at radius 3 is 2.23 bits per heavy atom. The van der Waals surface area contributed by atoms with E-state index in [1.165, 1.54) is 26.0 Å². The smallest absolute Gasteiger partial charge is 0.410 e. The number of carbonyl (C=O) groups excluding carboxylic acids is 4. The average molecular weight is 672 g/mol. The summed E-state index contributed by atoms with van der Waals surface area (Å²) in [5, 5.41) is 11.8. The molecule has 1 aliphatic carbocycles. The molecule has 0 bridgehead atoms. The number of aliphatic hydroxyl groups is 1. The molecule has 1 N–H and O–H groups in total. The largest absolute Gasteiger partial charge is 0.457 e. The van der Waals surface area contributed by atoms with Crippen molar-refractivity contribution in [2.75, 3.05) is 20.8 Å². The Morgan fingerprint density at radius 1 is 1.11 bits per heavy atom. The van der Waals surface area contributed by atoms with E-state index in [1.807, 2.05) is 20.8 Å². The Labute approximate surface area is 279 Å². The number of carbonyl (C=O) groups is 4. The van der Waals surface area contributed by atoms with E-state index < -0.39 is 95.1 Å². The molecule has 0 aromatic heterocycles. The van der Waals surface area contributed by atoms with Crippen LogP contribution in [0.15, 0.2) is 0 Å². The summed E-state index contributed by atoms with van der Waals surface area (Å²) in [6.07, 6.45) is -4.76. The third kappa shape index (κ3) is 7.06. The van der Waals surface area contributed by atoms with Crippen LogP contribution < -0.4 is 0 Å². The zero-order valence-corrected chi connectivity index (χ0v) is 30.4. The molecule has 270 valence electrons. The van der Waals surface area contributed by atoms with Crippen LogP contribution in [0.25, 0.3) is 0 Å². The van der Waals surface area contributed by atoms with Crippen molar-refractivity contribution in [3.63, 3.8) is 0 Å². The van der Waals surface area contributed by atoms with E-state index in [2.05, 4.69) is 0 Å². The first-order valence-corrected chi connectivity index (χ1v) is 16.8. The second-order valence-electron chi connectivity index (χ2n) is 14.3. The van der Waals surface area contributed by atoms with Gasteiger partial charge in [-0.3, -0.25) is 14.4 Å². The van der Waals surface area contributed by atoms with Crippen molar-refractivity contribution in [1.29, 1.82) is 0 Å². The fourth-order valence-corrected chi connectivity index (χ4v) is 7.84. The van der Waals surface area contributed by atoms with Crippen molar-refractivity contribution >= 4 is 23.8 Å². The molecular formula is C34H57NO12. The van der Waals surface area contributed by atoms with E-state index in [9.17, 15) is 24.3 Å². The van der Waals surface area contributed by atoms with E-state index in [1.54, 1.807) is 48.5 Å². The first kappa shape index (κ1) is 39.1. The fraction of sp³-hybridized carbons (Fsp3) is 0.882. The summed E-state index contributed by atoms with van der Waals surface area (Å²) in [7, 11) is 2.97. The monoisotopic (exact) mass is 671 g/mol. The van der Waals surface area contributed by atoms with Gasteiger partial charge in [0.2, 0.25) is 0 Å². The van der Waals surface area contributed by atoms with Crippen molar-refractivity contribution in [3.05, 3.63) is 0 Å². The maximum absolute atomic E-state index is 14.0. The normalized spacial score (nSPS) is 40.6. The molecule has 14 atom stereocenters. The van der Waals surface area contributed by atoms with Crippen molar-refractivity contribution in [3.8, 4) is 0 Å². The molecule has 1 spiro atoms. The summed E-state index contributed by atoms with van der Waals surface area (Å²) in [4.78, 5) is 66.4. The average Bonchev–Trinajstić information content (AvgIpc) is 3.42. The fourth-order valence-electron chi connectivity index (χ4n) is 7.84. The number of Topliss-reactive ketones (excluding diaryl/α,β-unsaturated/α-hetero) is 1. The second kappa shape index (κ2) is 14.7. The van der Waals surface area contributed by atoms with Crippen LogP contribution in [-0.4, -0.2) is 108 Å². The summed E-state index contributed by atoms with van der Waals surface area (Å²) in [5.74, 6) is -4.66. The van der Waals surface area contributed by atoms with Gasteiger partial charge in [-0.1, -0.05) is 34.6 Å². The summed E-state index contributed by atoms with van der Waals surface area (Å²) in [6.45, 7) is 19.2. The van der Waals surface area contributed by atoms with Gasteiger partial charge in [-0.15, -0.1) is 0 Å². The van der Waals surface area contributed by atoms with Crippen LogP contribution >= 0.6 is 0 Å². The van der Waals surface area contributed by atoms with Crippen molar-refractivity contribution in [2.24, 2.45) is 29.6 Å². The first-order valence-electron chi connectivity index (χ1n) is 16.8. The highest BCUT2D eigenvalue weighted by atomic mass is 17.2. The van der Waals surface area contributed by atoms with Crippen molar-refractivity contribution in [1.82, 2.24) is 4.90 Å². The number of esters is 2. The maximum Gasteiger partial charge on any atom is 0.410 e. The van der Waals surface area contributed by atoms with Gasteiger partial charge in [0.25, 0.3) is 0 Å². The Balaban J connectivity index is 2.04. The van der Waals surface area contributed by atoms with Crippen LogP contribution in [0.4, 0.5) is 4.79 Å². The standard InChI is InChI=1S/C34H57NO12/c1-14-32(10,41-12)29(43-23(9)36)22(8)46-47-25-19(5)27(38)33(11,42-13)16-17(3)24(37)18(4)26-34(45-31(40)35(26)15-2)21(7)28(34)44-30(39)20(25)6/h17-22,25-29,38H,14-16H2,1-13H3/t17-,18+,19+,20-,21?,22?,25+,26-,27-,28-,29?,32?,33+,34+/m1/s1. The van der Waals surface area contributed by atoms with Crippen LogP contribution in [0.1, 0.15) is 89.0 Å². The SMILES string of the molecule is CCN1C(=O)O[C@]23C(C)[C@H]2OC(=O)[C@H](C)[C@@H](OOC(C)C(OC(C)=O)C(C)(CC)OC)[C@H](C)[C@@H](O)[C@@](C)(OC)C[C@@H](C)C(=O)[C@H](C)[C@@H]13. The summed E-state index contributed by atoms with van der Waals surface area (Å²) >= 11 is 0. The lowest BCUT2D eigenvalue weighted by atomic mass is 9.75. The van der Waals surface area contributed by atoms with Crippen LogP contribution in [0.3, 0.4) is 0 Å². The van der Waals surface area contributed by atoms with Crippen molar-refractivity contribution in [2.45, 2.75) is 142 Å². The van der Waals surface area contributed by atoms with Crippen LogP contribution in [0.2, 0.25) is 0 Å². The number of rotatable bonds is 10. The molecule has 47 heavy (non-hydrogen) atoms. The third-order valence-corrected chi connectivity index (χ3v) is 11.3. The minimum Gasteiger partial charge on any atom is -0.457 e. The highest BCUT2D eigenvalue weighted by molar-refractivity contribution is 5.86. The molecule has 1 amide bonds. The van der Waals surface area contributed by atoms with Gasteiger partial charge in [0, 0.05) is 51.4 Å². The summed E-state index contributed by atoms with van der Waals surface area (Å²) in [6, 6.07) is -0.651. The van der Waals surface area contributed by atoms with Crippen LogP contribution in [-0.2, 0) is 47.8 Å². The Kier molecular flexibility index (Phi) is 12.2. The van der Waals surface area contributed by atoms with E-state index in [4.69, 9.17) is 33.5 Å². The zero-order chi connectivity index (χ0) is 35.8. The molecule has 2 heterocycles. The van der Waals surface area contributed by atoms with Gasteiger partial charge in [0.1, 0.15) is 23.6 Å². The van der Waals surface area contributed by atoms with Gasteiger partial charge in [-0.05, 0) is 47.5 Å². The Hall–Kier alpha value is -2.32. The predicted octanol–water partition coefficient (Wildman–Crippen LogP) is 3.86. The molecule has 3 aliphatic rings. The molecular weight excluding hydrogens is 614 g/mol. The lowest BCUT2D eigenvalue weighted by Crippen LogP contribution is -2.54. The van der Waals surface area contributed by atoms with E-state index in [0.29, 0.717) is 13.0 Å². The highest BCUT2D eigenvalue weighted by Crippen LogP contribution is 2.58. The number of methoxy groups -OCH3 is 2. The number of aliphatic hydroxyl groups excluding tert-OH is 1. The van der Waals surface area contributed by atoms with E-state index in [-0.39, 0.29) is 18.1 Å². The third-order valence-electron chi connectivity index (χ3n) is 11.3. The minimum atomic E-state index is -1.24. The predicted molar refractivity (Wildman–Crippen MR) is 169 cm³/mol. The molecule has 13 heteroatoms. The second-order valence-corrected chi connectivity index (χ2v) is 14.3. The molecule has 1 saturated carbocycles. The summed E-state index contributed by atoms with van der Waals surface area (Å²) < 4.78 is 29.2. The number of amides is 1. The molecule has 3 fully saturated rings. The molecule has 0 aromatic carbocycles. The van der Waals surface area contributed by atoms with Crippen LogP contribution in [0, 0.1) is 29.6 Å². The van der Waals surface area contributed by atoms with Gasteiger partial charge < -0.3 is 33.7 Å². The first-order chi connectivity index (χ1) is 21.8. The molecule has 0 aromatic rings. The Morgan fingerprint density at radius 2 is 1.72 bits per heavy atom. The van der Waals surface area contributed by atoms with Gasteiger partial charge in [0.05, 0.1) is 23.7 Å². The molecule has 13 nitrogen and oxygen atoms in total. The van der Waals surface area contributed by atoms with Gasteiger partial charge in [0.15, 0.2) is 17.8 Å². The number of hydrogen-bond acceptors (Lipinski definition) is 12. The number of nitrogens with zero attached hydrogens (tertiary/aromatic N) is 1. The van der Waals surface area contributed by atoms with E-state index in [0.717, 1.165) is 0 Å². The lowest BCUT2D eigenvalue weighted by Gasteiger charge is -2.42. The Bertz CT molecular complexity index is 1160. The lowest BCUT2D eigenvalue weighted by molar-refractivity contribution is -0.383. The van der Waals surface area contributed by atoms with Gasteiger partial charge >= 0.3 is 18.0 Å². The van der Waals surface area contributed by atoms with Gasteiger partial charge in [-0.25, -0.2) is 14.6 Å². The summed E-state index contributed by atoms with van der Waals surface area (Å²) in [5.41, 5.74) is -3.34. The topological polar surface area (TPSA) is 156 Å². The quantitative estimate of drug-likeness (QED) is 0.155. The van der Waals surface area contributed by atoms with Gasteiger partial charge in [-0.2, -0.15) is 0 Å². The number of hydrogen-bond donors (Lipinski definition) is 1. The van der Waals surface area contributed by atoms with Crippen LogP contribution in [0.5, 0.6) is 0 Å². The molecule has 4 unspecified atom stereocenters. The minimum absolute atomic E-state index is 0.123. The molecule has 0 radical (unpaired) electrons. The maximum atomic E-state index is 14.0. The molecule has 2 aliphatic heterocycles. The molecule has 2 saturated heterocycles.